The number of hydrogen-bond acceptors (Lipinski definition) is 2. The summed E-state index contributed by atoms with van der Waals surface area (Å²) in [4.78, 5) is 22.2. The van der Waals surface area contributed by atoms with Gasteiger partial charge in [0.05, 0.1) is 5.02 Å². The lowest BCUT2D eigenvalue weighted by molar-refractivity contribution is -0.139. The van der Waals surface area contributed by atoms with Gasteiger partial charge in [-0.2, -0.15) is 0 Å². The predicted octanol–water partition coefficient (Wildman–Crippen LogP) is 2.46. The van der Waals surface area contributed by atoms with Crippen LogP contribution >= 0.6 is 11.6 Å². The minimum atomic E-state index is -1.12. The Morgan fingerprint density at radius 3 is 2.67 bits per heavy atom. The molecular weight excluding hydrogens is 263 g/mol. The van der Waals surface area contributed by atoms with Crippen molar-refractivity contribution in [2.24, 2.45) is 0 Å². The summed E-state index contributed by atoms with van der Waals surface area (Å²) in [6, 6.07) is 2.00. The van der Waals surface area contributed by atoms with E-state index in [0.29, 0.717) is 0 Å². The number of halogens is 2. The van der Waals surface area contributed by atoms with E-state index in [1.807, 2.05) is 0 Å². The number of hydrogen-bond donors (Lipinski definition) is 3. The fourth-order valence-corrected chi connectivity index (χ4v) is 1.42. The van der Waals surface area contributed by atoms with Crippen molar-refractivity contribution in [2.75, 3.05) is 5.32 Å². The van der Waals surface area contributed by atoms with Crippen molar-refractivity contribution in [1.82, 2.24) is 5.32 Å². The van der Waals surface area contributed by atoms with Crippen molar-refractivity contribution in [3.05, 3.63) is 29.0 Å². The Bertz CT molecular complexity index is 468. The van der Waals surface area contributed by atoms with Gasteiger partial charge in [0.15, 0.2) is 0 Å². The zero-order valence-electron chi connectivity index (χ0n) is 9.54. The van der Waals surface area contributed by atoms with E-state index in [4.69, 9.17) is 16.7 Å². The Kier molecular flexibility index (Phi) is 4.91. The van der Waals surface area contributed by atoms with Gasteiger partial charge in [-0.15, -0.1) is 0 Å². The van der Waals surface area contributed by atoms with E-state index in [9.17, 15) is 14.0 Å². The number of carboxylic acids is 1. The van der Waals surface area contributed by atoms with Gasteiger partial charge in [-0.25, -0.2) is 14.0 Å². The number of rotatable bonds is 4. The third-order valence-corrected chi connectivity index (χ3v) is 2.48. The summed E-state index contributed by atoms with van der Waals surface area (Å²) in [5.41, 5.74) is 0.277. The van der Waals surface area contributed by atoms with Gasteiger partial charge >= 0.3 is 12.0 Å². The number of aliphatic carboxylic acids is 1. The summed E-state index contributed by atoms with van der Waals surface area (Å²) in [6.07, 6.45) is 0.257. The van der Waals surface area contributed by atoms with Gasteiger partial charge in [-0.1, -0.05) is 18.5 Å². The van der Waals surface area contributed by atoms with Crippen LogP contribution in [0.15, 0.2) is 18.2 Å². The van der Waals surface area contributed by atoms with Crippen molar-refractivity contribution < 1.29 is 19.1 Å². The van der Waals surface area contributed by atoms with Crippen LogP contribution in [0.1, 0.15) is 13.3 Å². The number of benzene rings is 1. The maximum Gasteiger partial charge on any atom is 0.326 e. The van der Waals surface area contributed by atoms with Crippen LogP contribution in [0.25, 0.3) is 0 Å². The SMILES string of the molecule is CCC(NC(=O)Nc1ccc(F)c(Cl)c1)C(=O)O. The minimum absolute atomic E-state index is 0.127. The van der Waals surface area contributed by atoms with Crippen LogP contribution in [-0.2, 0) is 4.79 Å². The van der Waals surface area contributed by atoms with Crippen LogP contribution in [0, 0.1) is 5.82 Å². The summed E-state index contributed by atoms with van der Waals surface area (Å²) in [5, 5.41) is 13.3. The van der Waals surface area contributed by atoms with Crippen molar-refractivity contribution in [1.29, 1.82) is 0 Å². The topological polar surface area (TPSA) is 78.4 Å². The fraction of sp³-hybridized carbons (Fsp3) is 0.273. The third-order valence-electron chi connectivity index (χ3n) is 2.19. The van der Waals surface area contributed by atoms with Crippen molar-refractivity contribution in [3.63, 3.8) is 0 Å². The first-order valence-corrected chi connectivity index (χ1v) is 5.57. The first kappa shape index (κ1) is 14.2. The van der Waals surface area contributed by atoms with Crippen LogP contribution in [0.3, 0.4) is 0 Å². The molecule has 0 saturated heterocycles. The van der Waals surface area contributed by atoms with E-state index >= 15 is 0 Å². The van der Waals surface area contributed by atoms with Crippen LogP contribution in [0.5, 0.6) is 0 Å². The van der Waals surface area contributed by atoms with Crippen molar-refractivity contribution in [2.45, 2.75) is 19.4 Å². The average molecular weight is 275 g/mol. The van der Waals surface area contributed by atoms with Crippen molar-refractivity contribution in [3.8, 4) is 0 Å². The summed E-state index contributed by atoms with van der Waals surface area (Å²) >= 11 is 5.54. The van der Waals surface area contributed by atoms with E-state index in [2.05, 4.69) is 10.6 Å². The lowest BCUT2D eigenvalue weighted by Gasteiger charge is -2.13. The number of carboxylic acid groups (broad SMARTS) is 1. The molecule has 5 nitrogen and oxygen atoms in total. The standard InChI is InChI=1S/C11H12ClFN2O3/c1-2-9(10(16)17)15-11(18)14-6-3-4-8(13)7(12)5-6/h3-5,9H,2H2,1H3,(H,16,17)(H2,14,15,18). The first-order chi connectivity index (χ1) is 8.43. The van der Waals surface area contributed by atoms with Gasteiger partial charge in [0.2, 0.25) is 0 Å². The molecule has 1 unspecified atom stereocenters. The highest BCUT2D eigenvalue weighted by molar-refractivity contribution is 6.31. The molecule has 0 aromatic heterocycles. The Labute approximate surface area is 108 Å². The molecule has 0 radical (unpaired) electrons. The molecular formula is C11H12ClFN2O3. The Morgan fingerprint density at radius 1 is 1.50 bits per heavy atom. The Hall–Kier alpha value is -1.82. The number of urea groups is 1. The van der Waals surface area contributed by atoms with Crippen LogP contribution in [-0.4, -0.2) is 23.1 Å². The van der Waals surface area contributed by atoms with Gasteiger partial charge in [-0.05, 0) is 24.6 Å². The molecule has 0 heterocycles. The number of anilines is 1. The molecule has 0 fully saturated rings. The van der Waals surface area contributed by atoms with Gasteiger partial charge < -0.3 is 15.7 Å². The Balaban J connectivity index is 2.64. The highest BCUT2D eigenvalue weighted by Crippen LogP contribution is 2.19. The number of carbonyl (C=O) groups is 2. The fourth-order valence-electron chi connectivity index (χ4n) is 1.24. The molecule has 1 atom stereocenters. The summed E-state index contributed by atoms with van der Waals surface area (Å²) < 4.78 is 12.9. The second kappa shape index (κ2) is 6.20. The maximum absolute atomic E-state index is 12.9. The number of amides is 2. The van der Waals surface area contributed by atoms with Crippen LogP contribution in [0.2, 0.25) is 5.02 Å². The largest absolute Gasteiger partial charge is 0.480 e. The lowest BCUT2D eigenvalue weighted by Crippen LogP contribution is -2.42. The monoisotopic (exact) mass is 274 g/mol. The summed E-state index contributed by atoms with van der Waals surface area (Å²) in [7, 11) is 0. The zero-order chi connectivity index (χ0) is 13.7. The predicted molar refractivity (Wildman–Crippen MR) is 65.3 cm³/mol. The van der Waals surface area contributed by atoms with E-state index in [0.717, 1.165) is 6.07 Å². The highest BCUT2D eigenvalue weighted by atomic mass is 35.5. The molecule has 18 heavy (non-hydrogen) atoms. The Morgan fingerprint density at radius 2 is 2.17 bits per heavy atom. The summed E-state index contributed by atoms with van der Waals surface area (Å²) in [6.45, 7) is 1.63. The molecule has 2 amide bonds. The lowest BCUT2D eigenvalue weighted by atomic mass is 10.2. The van der Waals surface area contributed by atoms with E-state index < -0.39 is 23.9 Å². The number of nitrogens with one attached hydrogen (secondary N) is 2. The normalized spacial score (nSPS) is 11.7. The molecule has 7 heteroatoms. The molecule has 0 saturated carbocycles. The molecule has 0 aliphatic carbocycles. The van der Waals surface area contributed by atoms with Gasteiger partial charge in [0.1, 0.15) is 11.9 Å². The van der Waals surface area contributed by atoms with Crippen LogP contribution in [0.4, 0.5) is 14.9 Å². The van der Waals surface area contributed by atoms with Gasteiger partial charge in [-0.3, -0.25) is 0 Å². The molecule has 1 rings (SSSR count). The quantitative estimate of drug-likeness (QED) is 0.789. The zero-order valence-corrected chi connectivity index (χ0v) is 10.3. The van der Waals surface area contributed by atoms with Gasteiger partial charge in [0.25, 0.3) is 0 Å². The molecule has 0 aliphatic rings. The molecule has 98 valence electrons. The van der Waals surface area contributed by atoms with E-state index in [1.54, 1.807) is 6.92 Å². The molecule has 0 spiro atoms. The highest BCUT2D eigenvalue weighted by Gasteiger charge is 2.17. The van der Waals surface area contributed by atoms with Gasteiger partial charge in [0, 0.05) is 5.69 Å². The first-order valence-electron chi connectivity index (χ1n) is 5.19. The van der Waals surface area contributed by atoms with Crippen molar-refractivity contribution >= 4 is 29.3 Å². The molecule has 3 N–H and O–H groups in total. The molecule has 1 aromatic rings. The number of carbonyl (C=O) groups excluding carboxylic acids is 1. The maximum atomic E-state index is 12.9. The smallest absolute Gasteiger partial charge is 0.326 e. The molecule has 1 aromatic carbocycles. The third kappa shape index (κ3) is 3.89. The van der Waals surface area contributed by atoms with E-state index in [-0.39, 0.29) is 17.1 Å². The second-order valence-electron chi connectivity index (χ2n) is 3.53. The summed E-state index contributed by atoms with van der Waals surface area (Å²) in [5.74, 6) is -1.72. The minimum Gasteiger partial charge on any atom is -0.480 e. The second-order valence-corrected chi connectivity index (χ2v) is 3.93. The average Bonchev–Trinajstić information content (AvgIpc) is 2.30. The van der Waals surface area contributed by atoms with E-state index in [1.165, 1.54) is 12.1 Å². The van der Waals surface area contributed by atoms with Crippen LogP contribution < -0.4 is 10.6 Å². The molecule has 0 bridgehead atoms. The molecule has 0 aliphatic heterocycles.